The van der Waals surface area contributed by atoms with E-state index in [4.69, 9.17) is 14.2 Å². The molecular formula is C21H28N2O4. The molecule has 2 aromatic rings. The summed E-state index contributed by atoms with van der Waals surface area (Å²) in [6, 6.07) is 13.3. The van der Waals surface area contributed by atoms with Crippen LogP contribution in [0.2, 0.25) is 0 Å². The van der Waals surface area contributed by atoms with Crippen molar-refractivity contribution in [2.45, 2.75) is 19.9 Å². The van der Waals surface area contributed by atoms with Crippen LogP contribution in [0.4, 0.5) is 5.69 Å². The Hall–Kier alpha value is -2.57. The third kappa shape index (κ3) is 6.92. The zero-order valence-corrected chi connectivity index (χ0v) is 16.2. The zero-order chi connectivity index (χ0) is 19.5. The SMILES string of the molecule is COCCCNCc1cccc(OC)c1OCC(=O)Nc1ccc(C)cc1. The Kier molecular flexibility index (Phi) is 8.61. The standard InChI is InChI=1S/C21H28N2O4/c1-16-8-10-18(11-9-16)23-20(24)15-27-21-17(6-4-7-19(21)26-3)14-22-12-5-13-25-2/h4,6-11,22H,5,12-15H2,1-3H3,(H,23,24). The van der Waals surface area contributed by atoms with E-state index in [1.54, 1.807) is 14.2 Å². The van der Waals surface area contributed by atoms with Gasteiger partial charge in [-0.1, -0.05) is 29.8 Å². The van der Waals surface area contributed by atoms with Gasteiger partial charge in [-0.15, -0.1) is 0 Å². The summed E-state index contributed by atoms with van der Waals surface area (Å²) in [6.07, 6.45) is 0.926. The first kappa shape index (κ1) is 20.7. The van der Waals surface area contributed by atoms with E-state index in [1.165, 1.54) is 0 Å². The highest BCUT2D eigenvalue weighted by molar-refractivity contribution is 5.91. The van der Waals surface area contributed by atoms with Crippen molar-refractivity contribution in [3.63, 3.8) is 0 Å². The van der Waals surface area contributed by atoms with E-state index in [9.17, 15) is 4.79 Å². The van der Waals surface area contributed by atoms with Crippen molar-refractivity contribution >= 4 is 11.6 Å². The van der Waals surface area contributed by atoms with Crippen molar-refractivity contribution in [3.05, 3.63) is 53.6 Å². The Balaban J connectivity index is 1.94. The molecule has 0 radical (unpaired) electrons. The highest BCUT2D eigenvalue weighted by atomic mass is 16.5. The summed E-state index contributed by atoms with van der Waals surface area (Å²) in [5, 5.41) is 6.17. The first-order chi connectivity index (χ1) is 13.1. The van der Waals surface area contributed by atoms with E-state index in [0.717, 1.165) is 29.8 Å². The molecule has 0 aliphatic heterocycles. The number of hydrogen-bond donors (Lipinski definition) is 2. The minimum Gasteiger partial charge on any atom is -0.493 e. The number of aryl methyl sites for hydroxylation is 1. The summed E-state index contributed by atoms with van der Waals surface area (Å²) < 4.78 is 16.2. The number of carbonyl (C=O) groups is 1. The van der Waals surface area contributed by atoms with Gasteiger partial charge in [0, 0.05) is 31.5 Å². The Bertz CT molecular complexity index is 717. The maximum atomic E-state index is 12.2. The Morgan fingerprint density at radius 1 is 1.07 bits per heavy atom. The highest BCUT2D eigenvalue weighted by Gasteiger charge is 2.12. The Morgan fingerprint density at radius 2 is 1.85 bits per heavy atom. The third-order valence-electron chi connectivity index (χ3n) is 3.98. The minimum atomic E-state index is -0.219. The fraction of sp³-hybridized carbons (Fsp3) is 0.381. The van der Waals surface area contributed by atoms with Crippen LogP contribution in [0.25, 0.3) is 0 Å². The number of anilines is 1. The largest absolute Gasteiger partial charge is 0.493 e. The van der Waals surface area contributed by atoms with Crippen LogP contribution < -0.4 is 20.1 Å². The van der Waals surface area contributed by atoms with Gasteiger partial charge in [0.15, 0.2) is 18.1 Å². The maximum absolute atomic E-state index is 12.2. The predicted octanol–water partition coefficient (Wildman–Crippen LogP) is 3.15. The average Bonchev–Trinajstić information content (AvgIpc) is 2.68. The van der Waals surface area contributed by atoms with E-state index in [-0.39, 0.29) is 12.5 Å². The van der Waals surface area contributed by atoms with E-state index in [0.29, 0.717) is 24.7 Å². The molecule has 1 amide bonds. The van der Waals surface area contributed by atoms with Crippen LogP contribution in [0.1, 0.15) is 17.5 Å². The Labute approximate surface area is 160 Å². The lowest BCUT2D eigenvalue weighted by Gasteiger charge is -2.15. The molecule has 146 valence electrons. The number of ether oxygens (including phenoxy) is 3. The molecule has 2 rings (SSSR count). The lowest BCUT2D eigenvalue weighted by molar-refractivity contribution is -0.118. The second kappa shape index (κ2) is 11.2. The minimum absolute atomic E-state index is 0.0923. The van der Waals surface area contributed by atoms with Gasteiger partial charge in [-0.2, -0.15) is 0 Å². The van der Waals surface area contributed by atoms with E-state index < -0.39 is 0 Å². The summed E-state index contributed by atoms with van der Waals surface area (Å²) >= 11 is 0. The number of rotatable bonds is 11. The van der Waals surface area contributed by atoms with E-state index >= 15 is 0 Å². The van der Waals surface area contributed by atoms with Crippen LogP contribution in [0.15, 0.2) is 42.5 Å². The maximum Gasteiger partial charge on any atom is 0.262 e. The molecule has 0 aliphatic carbocycles. The van der Waals surface area contributed by atoms with Gasteiger partial charge in [0.25, 0.3) is 5.91 Å². The molecule has 0 heterocycles. The Morgan fingerprint density at radius 3 is 2.56 bits per heavy atom. The molecule has 2 aromatic carbocycles. The lowest BCUT2D eigenvalue weighted by atomic mass is 10.2. The predicted molar refractivity (Wildman–Crippen MR) is 106 cm³/mol. The molecule has 0 bridgehead atoms. The normalized spacial score (nSPS) is 10.5. The molecule has 6 heteroatoms. The van der Waals surface area contributed by atoms with Crippen molar-refractivity contribution in [2.24, 2.45) is 0 Å². The van der Waals surface area contributed by atoms with E-state index in [2.05, 4.69) is 10.6 Å². The molecule has 0 spiro atoms. The van der Waals surface area contributed by atoms with Gasteiger partial charge < -0.3 is 24.8 Å². The highest BCUT2D eigenvalue weighted by Crippen LogP contribution is 2.31. The molecule has 2 N–H and O–H groups in total. The van der Waals surface area contributed by atoms with Crippen LogP contribution >= 0.6 is 0 Å². The van der Waals surface area contributed by atoms with Crippen molar-refractivity contribution in [3.8, 4) is 11.5 Å². The van der Waals surface area contributed by atoms with Crippen LogP contribution in [-0.4, -0.2) is 39.9 Å². The molecule has 0 aliphatic rings. The second-order valence-corrected chi connectivity index (χ2v) is 6.17. The van der Waals surface area contributed by atoms with Crippen LogP contribution in [0.3, 0.4) is 0 Å². The summed E-state index contributed by atoms with van der Waals surface area (Å²) in [6.45, 7) is 4.08. The molecule has 0 fully saturated rings. The number of amides is 1. The first-order valence-electron chi connectivity index (χ1n) is 8.99. The van der Waals surface area contributed by atoms with Crippen molar-refractivity contribution in [2.75, 3.05) is 39.3 Å². The molecule has 27 heavy (non-hydrogen) atoms. The lowest BCUT2D eigenvalue weighted by Crippen LogP contribution is -2.22. The number of benzene rings is 2. The monoisotopic (exact) mass is 372 g/mol. The number of carbonyl (C=O) groups excluding carboxylic acids is 1. The quantitative estimate of drug-likeness (QED) is 0.593. The van der Waals surface area contributed by atoms with Gasteiger partial charge >= 0.3 is 0 Å². The second-order valence-electron chi connectivity index (χ2n) is 6.17. The average molecular weight is 372 g/mol. The molecule has 0 saturated heterocycles. The summed E-state index contributed by atoms with van der Waals surface area (Å²) in [5.41, 5.74) is 2.82. The summed E-state index contributed by atoms with van der Waals surface area (Å²) in [7, 11) is 3.28. The number of methoxy groups -OCH3 is 2. The van der Waals surface area contributed by atoms with Crippen LogP contribution in [0, 0.1) is 6.92 Å². The van der Waals surface area contributed by atoms with Crippen LogP contribution in [-0.2, 0) is 16.1 Å². The molecular weight excluding hydrogens is 344 g/mol. The topological polar surface area (TPSA) is 68.8 Å². The molecule has 0 atom stereocenters. The smallest absolute Gasteiger partial charge is 0.262 e. The number of nitrogens with one attached hydrogen (secondary N) is 2. The zero-order valence-electron chi connectivity index (χ0n) is 16.2. The van der Waals surface area contributed by atoms with Gasteiger partial charge in [0.1, 0.15) is 0 Å². The van der Waals surface area contributed by atoms with Gasteiger partial charge in [-0.3, -0.25) is 4.79 Å². The van der Waals surface area contributed by atoms with Gasteiger partial charge in [-0.05, 0) is 38.1 Å². The first-order valence-corrected chi connectivity index (χ1v) is 8.99. The fourth-order valence-electron chi connectivity index (χ4n) is 2.56. The molecule has 0 unspecified atom stereocenters. The third-order valence-corrected chi connectivity index (χ3v) is 3.98. The van der Waals surface area contributed by atoms with Crippen LogP contribution in [0.5, 0.6) is 11.5 Å². The van der Waals surface area contributed by atoms with Gasteiger partial charge in [0.2, 0.25) is 0 Å². The van der Waals surface area contributed by atoms with Crippen molar-refractivity contribution in [1.82, 2.24) is 5.32 Å². The van der Waals surface area contributed by atoms with Gasteiger partial charge in [0.05, 0.1) is 7.11 Å². The van der Waals surface area contributed by atoms with E-state index in [1.807, 2.05) is 49.4 Å². The number of para-hydroxylation sites is 1. The molecule has 6 nitrogen and oxygen atoms in total. The number of hydrogen-bond acceptors (Lipinski definition) is 5. The van der Waals surface area contributed by atoms with Crippen molar-refractivity contribution < 1.29 is 19.0 Å². The fourth-order valence-corrected chi connectivity index (χ4v) is 2.56. The van der Waals surface area contributed by atoms with Gasteiger partial charge in [-0.25, -0.2) is 0 Å². The van der Waals surface area contributed by atoms with Crippen molar-refractivity contribution in [1.29, 1.82) is 0 Å². The summed E-state index contributed by atoms with van der Waals surface area (Å²) in [5.74, 6) is 0.969. The summed E-state index contributed by atoms with van der Waals surface area (Å²) in [4.78, 5) is 12.2. The molecule has 0 aromatic heterocycles. The molecule has 0 saturated carbocycles.